The molecule has 0 amide bonds. The predicted octanol–water partition coefficient (Wildman–Crippen LogP) is 0.662. The second-order valence-corrected chi connectivity index (χ2v) is 3.69. The molecule has 0 unspecified atom stereocenters. The van der Waals surface area contributed by atoms with Crippen molar-refractivity contribution in [2.75, 3.05) is 0 Å². The van der Waals surface area contributed by atoms with Gasteiger partial charge in [0.2, 0.25) is 0 Å². The average molecular weight is 232 g/mol. The number of aromatic amines is 4. The number of aromatic nitrogens is 4. The predicted molar refractivity (Wildman–Crippen MR) is 64.7 cm³/mol. The molecule has 88 valence electrons. The van der Waals surface area contributed by atoms with Crippen LogP contribution < -0.4 is 11.1 Å². The minimum absolute atomic E-state index is 0.205. The van der Waals surface area contributed by atoms with E-state index in [4.69, 9.17) is 0 Å². The number of hydrogen-bond donors (Lipinski definition) is 4. The second kappa shape index (κ2) is 4.19. The smallest absolute Gasteiger partial charge is 0.272 e. The topological polar surface area (TPSA) is 97.3 Å². The number of aryl methyl sites for hydroxylation is 2. The molecular formula is C11H12N4O2. The summed E-state index contributed by atoms with van der Waals surface area (Å²) < 4.78 is 0. The fourth-order valence-electron chi connectivity index (χ4n) is 1.47. The lowest BCUT2D eigenvalue weighted by Gasteiger charge is -1.84. The van der Waals surface area contributed by atoms with E-state index < -0.39 is 0 Å². The first-order chi connectivity index (χ1) is 8.09. The SMILES string of the molecule is Cc1[nH][nH]c(=O)c1C=C=Cc1c(C)[nH][nH]c1=O. The lowest BCUT2D eigenvalue weighted by Crippen LogP contribution is -2.01. The first kappa shape index (κ1) is 11.0. The van der Waals surface area contributed by atoms with E-state index in [1.54, 1.807) is 13.8 Å². The lowest BCUT2D eigenvalue weighted by atomic mass is 10.2. The standard InChI is InChI=1S/C11H12N4O2/c1-6-8(10(16)14-12-6)4-3-5-9-7(2)13-15-11(9)17/h4-5H,1-2H3,(H2,12,14,16)(H2,13,15,17). The third-order valence-corrected chi connectivity index (χ3v) is 2.48. The van der Waals surface area contributed by atoms with E-state index in [2.05, 4.69) is 26.1 Å². The van der Waals surface area contributed by atoms with Crippen molar-refractivity contribution in [3.63, 3.8) is 0 Å². The Balaban J connectivity index is 2.40. The van der Waals surface area contributed by atoms with Gasteiger partial charge in [-0.2, -0.15) is 0 Å². The Labute approximate surface area is 96.1 Å². The summed E-state index contributed by atoms with van der Waals surface area (Å²) in [6, 6.07) is 0. The molecule has 2 aromatic rings. The molecule has 0 saturated heterocycles. The van der Waals surface area contributed by atoms with Gasteiger partial charge in [-0.25, -0.2) is 0 Å². The second-order valence-electron chi connectivity index (χ2n) is 3.69. The normalized spacial score (nSPS) is 10.0. The summed E-state index contributed by atoms with van der Waals surface area (Å²) in [5, 5.41) is 10.3. The molecular weight excluding hydrogens is 220 g/mol. The number of H-pyrrole nitrogens is 4. The Morgan fingerprint density at radius 1 is 0.824 bits per heavy atom. The minimum atomic E-state index is -0.205. The van der Waals surface area contributed by atoms with Gasteiger partial charge in [-0.15, -0.1) is 5.73 Å². The van der Waals surface area contributed by atoms with Crippen molar-refractivity contribution < 1.29 is 0 Å². The molecule has 0 aliphatic rings. The Morgan fingerprint density at radius 2 is 1.24 bits per heavy atom. The molecule has 2 heterocycles. The van der Waals surface area contributed by atoms with Crippen molar-refractivity contribution in [3.05, 3.63) is 49.0 Å². The van der Waals surface area contributed by atoms with Gasteiger partial charge >= 0.3 is 0 Å². The molecule has 0 spiro atoms. The number of rotatable bonds is 2. The summed E-state index contributed by atoms with van der Waals surface area (Å²) in [5.41, 5.74) is 4.89. The fourth-order valence-corrected chi connectivity index (χ4v) is 1.47. The van der Waals surface area contributed by atoms with Crippen molar-refractivity contribution in [3.8, 4) is 0 Å². The monoisotopic (exact) mass is 232 g/mol. The van der Waals surface area contributed by atoms with Gasteiger partial charge in [0.15, 0.2) is 0 Å². The van der Waals surface area contributed by atoms with Crippen molar-refractivity contribution in [1.29, 1.82) is 0 Å². The summed E-state index contributed by atoms with van der Waals surface area (Å²) in [5.74, 6) is 0. The number of hydrogen-bond acceptors (Lipinski definition) is 2. The van der Waals surface area contributed by atoms with Crippen LogP contribution in [0.2, 0.25) is 0 Å². The maximum absolute atomic E-state index is 11.3. The van der Waals surface area contributed by atoms with Crippen molar-refractivity contribution in [2.24, 2.45) is 0 Å². The van der Waals surface area contributed by atoms with E-state index in [9.17, 15) is 9.59 Å². The zero-order valence-corrected chi connectivity index (χ0v) is 9.47. The van der Waals surface area contributed by atoms with E-state index in [0.29, 0.717) is 11.1 Å². The molecule has 17 heavy (non-hydrogen) atoms. The lowest BCUT2D eigenvalue weighted by molar-refractivity contribution is 1.02. The van der Waals surface area contributed by atoms with E-state index in [1.165, 1.54) is 12.2 Å². The Hall–Kier alpha value is -2.46. The van der Waals surface area contributed by atoms with E-state index >= 15 is 0 Å². The van der Waals surface area contributed by atoms with Crippen LogP contribution in [-0.2, 0) is 0 Å². The minimum Gasteiger partial charge on any atom is -0.302 e. The highest BCUT2D eigenvalue weighted by Gasteiger charge is 2.02. The summed E-state index contributed by atoms with van der Waals surface area (Å²) in [6.07, 6.45) is 3.08. The number of nitrogens with one attached hydrogen (secondary N) is 4. The first-order valence-corrected chi connectivity index (χ1v) is 5.06. The van der Waals surface area contributed by atoms with Gasteiger partial charge in [0, 0.05) is 11.4 Å². The average Bonchev–Trinajstić information content (AvgIpc) is 2.77. The Kier molecular flexibility index (Phi) is 2.72. The van der Waals surface area contributed by atoms with Gasteiger partial charge in [-0.1, -0.05) is 0 Å². The highest BCUT2D eigenvalue weighted by atomic mass is 16.1. The quantitative estimate of drug-likeness (QED) is 0.572. The highest BCUT2D eigenvalue weighted by molar-refractivity contribution is 5.58. The van der Waals surface area contributed by atoms with Gasteiger partial charge in [0.1, 0.15) is 0 Å². The first-order valence-electron chi connectivity index (χ1n) is 5.06. The molecule has 6 heteroatoms. The molecule has 0 aliphatic heterocycles. The summed E-state index contributed by atoms with van der Waals surface area (Å²) in [7, 11) is 0. The molecule has 2 aromatic heterocycles. The summed E-state index contributed by atoms with van der Waals surface area (Å²) in [4.78, 5) is 22.6. The van der Waals surface area contributed by atoms with Crippen LogP contribution in [0.3, 0.4) is 0 Å². The van der Waals surface area contributed by atoms with Crippen LogP contribution in [-0.4, -0.2) is 20.4 Å². The molecule has 0 atom stereocenters. The van der Waals surface area contributed by atoms with Crippen molar-refractivity contribution >= 4 is 12.2 Å². The highest BCUT2D eigenvalue weighted by Crippen LogP contribution is 2.01. The van der Waals surface area contributed by atoms with Crippen molar-refractivity contribution in [2.45, 2.75) is 13.8 Å². The molecule has 4 N–H and O–H groups in total. The van der Waals surface area contributed by atoms with Crippen molar-refractivity contribution in [1.82, 2.24) is 20.4 Å². The maximum Gasteiger partial charge on any atom is 0.272 e. The summed E-state index contributed by atoms with van der Waals surface area (Å²) in [6.45, 7) is 3.56. The van der Waals surface area contributed by atoms with Crippen LogP contribution in [0.4, 0.5) is 0 Å². The summed E-state index contributed by atoms with van der Waals surface area (Å²) >= 11 is 0. The zero-order chi connectivity index (χ0) is 12.4. The van der Waals surface area contributed by atoms with Crippen LogP contribution in [0.5, 0.6) is 0 Å². The molecule has 0 aromatic carbocycles. The molecule has 2 rings (SSSR count). The molecule has 6 nitrogen and oxygen atoms in total. The molecule has 0 aliphatic carbocycles. The van der Waals surface area contributed by atoms with Gasteiger partial charge < -0.3 is 10.2 Å². The van der Waals surface area contributed by atoms with Crippen LogP contribution in [0.25, 0.3) is 12.2 Å². The Bertz CT molecular complexity index is 646. The van der Waals surface area contributed by atoms with E-state index in [1.807, 2.05) is 0 Å². The third-order valence-electron chi connectivity index (χ3n) is 2.48. The van der Waals surface area contributed by atoms with Crippen LogP contribution >= 0.6 is 0 Å². The van der Waals surface area contributed by atoms with Crippen LogP contribution in [0.15, 0.2) is 15.3 Å². The Morgan fingerprint density at radius 3 is 1.53 bits per heavy atom. The van der Waals surface area contributed by atoms with Crippen LogP contribution in [0.1, 0.15) is 22.5 Å². The van der Waals surface area contributed by atoms with Gasteiger partial charge in [-0.05, 0) is 26.0 Å². The molecule has 0 radical (unpaired) electrons. The van der Waals surface area contributed by atoms with E-state index in [-0.39, 0.29) is 11.1 Å². The molecule has 0 bridgehead atoms. The van der Waals surface area contributed by atoms with Gasteiger partial charge in [0.05, 0.1) is 11.1 Å². The van der Waals surface area contributed by atoms with Gasteiger partial charge in [-0.3, -0.25) is 19.8 Å². The largest absolute Gasteiger partial charge is 0.302 e. The fraction of sp³-hybridized carbons (Fsp3) is 0.182. The van der Waals surface area contributed by atoms with E-state index in [0.717, 1.165) is 11.4 Å². The maximum atomic E-state index is 11.3. The van der Waals surface area contributed by atoms with Gasteiger partial charge in [0.25, 0.3) is 11.1 Å². The molecule has 0 fully saturated rings. The third kappa shape index (κ3) is 2.07. The molecule has 0 saturated carbocycles. The van der Waals surface area contributed by atoms with Crippen LogP contribution in [0, 0.1) is 13.8 Å². The zero-order valence-electron chi connectivity index (χ0n) is 9.47.